The number of primary amides is 1. The van der Waals surface area contributed by atoms with E-state index in [1.54, 1.807) is 0 Å². The maximum atomic E-state index is 11.0. The summed E-state index contributed by atoms with van der Waals surface area (Å²) in [7, 11) is 0. The number of rotatable bonds is 17. The molecule has 25 heavy (non-hydrogen) atoms. The third-order valence-corrected chi connectivity index (χ3v) is 4.05. The largest absolute Gasteiger partial charge is 0.368 e. The average molecular weight is 350 g/mol. The lowest BCUT2D eigenvalue weighted by Crippen LogP contribution is -2.30. The quantitative estimate of drug-likeness (QED) is 0.264. The highest BCUT2D eigenvalue weighted by molar-refractivity contribution is 5.78. The van der Waals surface area contributed by atoms with Crippen molar-refractivity contribution in [2.75, 3.05) is 6.61 Å². The zero-order chi connectivity index (χ0) is 18.6. The highest BCUT2D eigenvalue weighted by atomic mass is 16.5. The molecule has 0 aromatic rings. The molecule has 3 nitrogen and oxygen atoms in total. The standard InChI is InChI=1S/C22H39NO2/c1-3-5-6-7-8-9-10-11-12-13-14-15-16-17-18-19-20-25-21(4-2)22(23)24/h5-6,8-9,11-12,21H,3-4,7,10,13-20H2,1-2H3,(H2,23,24)/b6-5-,9-8-,12-11-. The first-order chi connectivity index (χ1) is 12.2. The Labute approximate surface area is 155 Å². The Morgan fingerprint density at radius 1 is 0.840 bits per heavy atom. The molecule has 0 saturated heterocycles. The number of carbonyl (C=O) groups is 1. The van der Waals surface area contributed by atoms with Gasteiger partial charge in [0.1, 0.15) is 6.10 Å². The van der Waals surface area contributed by atoms with Crippen LogP contribution in [0, 0.1) is 0 Å². The van der Waals surface area contributed by atoms with Crippen LogP contribution in [-0.4, -0.2) is 18.6 Å². The Morgan fingerprint density at radius 3 is 2.00 bits per heavy atom. The number of allylic oxidation sites excluding steroid dienone is 6. The Balaban J connectivity index is 3.32. The molecule has 0 radical (unpaired) electrons. The lowest BCUT2D eigenvalue weighted by atomic mass is 10.1. The van der Waals surface area contributed by atoms with Crippen molar-refractivity contribution in [2.24, 2.45) is 5.73 Å². The van der Waals surface area contributed by atoms with Gasteiger partial charge in [-0.2, -0.15) is 0 Å². The predicted molar refractivity (Wildman–Crippen MR) is 108 cm³/mol. The molecule has 1 amide bonds. The van der Waals surface area contributed by atoms with E-state index in [4.69, 9.17) is 10.5 Å². The maximum absolute atomic E-state index is 11.0. The Kier molecular flexibility index (Phi) is 18.0. The van der Waals surface area contributed by atoms with Gasteiger partial charge in [0.2, 0.25) is 5.91 Å². The minimum absolute atomic E-state index is 0.348. The predicted octanol–water partition coefficient (Wildman–Crippen LogP) is 5.86. The van der Waals surface area contributed by atoms with Gasteiger partial charge in [-0.15, -0.1) is 0 Å². The van der Waals surface area contributed by atoms with E-state index in [-0.39, 0.29) is 5.91 Å². The molecule has 1 atom stereocenters. The van der Waals surface area contributed by atoms with Gasteiger partial charge in [-0.05, 0) is 44.9 Å². The summed E-state index contributed by atoms with van der Waals surface area (Å²) in [6, 6.07) is 0. The number of amides is 1. The molecule has 0 aliphatic carbocycles. The summed E-state index contributed by atoms with van der Waals surface area (Å²) in [6.45, 7) is 4.72. The van der Waals surface area contributed by atoms with Crippen LogP contribution in [-0.2, 0) is 9.53 Å². The molecule has 0 rings (SSSR count). The van der Waals surface area contributed by atoms with Crippen molar-refractivity contribution in [3.8, 4) is 0 Å². The molecule has 1 unspecified atom stereocenters. The molecule has 0 aliphatic rings. The van der Waals surface area contributed by atoms with Crippen LogP contribution in [0.4, 0.5) is 0 Å². The first-order valence-corrected chi connectivity index (χ1v) is 10.1. The van der Waals surface area contributed by atoms with Gasteiger partial charge in [-0.1, -0.05) is 76.0 Å². The summed E-state index contributed by atoms with van der Waals surface area (Å²) >= 11 is 0. The normalized spacial score (nSPS) is 13.4. The molecule has 0 heterocycles. The van der Waals surface area contributed by atoms with Gasteiger partial charge in [0.05, 0.1) is 0 Å². The maximum Gasteiger partial charge on any atom is 0.246 e. The molecule has 0 spiro atoms. The smallest absolute Gasteiger partial charge is 0.246 e. The number of hydrogen-bond donors (Lipinski definition) is 1. The number of ether oxygens (including phenoxy) is 1. The van der Waals surface area contributed by atoms with Crippen LogP contribution in [0.25, 0.3) is 0 Å². The monoisotopic (exact) mass is 349 g/mol. The third kappa shape index (κ3) is 17.3. The third-order valence-electron chi connectivity index (χ3n) is 4.05. The molecule has 0 bridgehead atoms. The van der Waals surface area contributed by atoms with E-state index < -0.39 is 6.10 Å². The molecule has 2 N–H and O–H groups in total. The summed E-state index contributed by atoms with van der Waals surface area (Å²) in [5.41, 5.74) is 5.24. The van der Waals surface area contributed by atoms with Gasteiger partial charge in [0.25, 0.3) is 0 Å². The second-order valence-electron chi connectivity index (χ2n) is 6.37. The lowest BCUT2D eigenvalue weighted by Gasteiger charge is -2.11. The molecule has 0 aromatic heterocycles. The number of nitrogens with two attached hydrogens (primary N) is 1. The molecule has 0 fully saturated rings. The van der Waals surface area contributed by atoms with Crippen molar-refractivity contribution in [3.63, 3.8) is 0 Å². The molecular formula is C22H39NO2. The van der Waals surface area contributed by atoms with E-state index in [9.17, 15) is 4.79 Å². The van der Waals surface area contributed by atoms with Crippen LogP contribution in [0.1, 0.15) is 84.5 Å². The van der Waals surface area contributed by atoms with E-state index in [2.05, 4.69) is 43.4 Å². The Hall–Kier alpha value is -1.35. The van der Waals surface area contributed by atoms with Crippen molar-refractivity contribution in [2.45, 2.75) is 90.6 Å². The van der Waals surface area contributed by atoms with Crippen LogP contribution in [0.15, 0.2) is 36.5 Å². The van der Waals surface area contributed by atoms with Crippen molar-refractivity contribution in [3.05, 3.63) is 36.5 Å². The van der Waals surface area contributed by atoms with E-state index in [0.717, 1.165) is 25.7 Å². The van der Waals surface area contributed by atoms with Gasteiger partial charge in [0.15, 0.2) is 0 Å². The zero-order valence-electron chi connectivity index (χ0n) is 16.4. The van der Waals surface area contributed by atoms with Crippen molar-refractivity contribution in [1.29, 1.82) is 0 Å². The fourth-order valence-electron chi connectivity index (χ4n) is 2.52. The minimum atomic E-state index is -0.408. The minimum Gasteiger partial charge on any atom is -0.368 e. The van der Waals surface area contributed by atoms with Crippen LogP contribution < -0.4 is 5.73 Å². The highest BCUT2D eigenvalue weighted by Crippen LogP contribution is 2.09. The fourth-order valence-corrected chi connectivity index (χ4v) is 2.52. The van der Waals surface area contributed by atoms with Gasteiger partial charge in [-0.3, -0.25) is 4.79 Å². The van der Waals surface area contributed by atoms with Gasteiger partial charge in [0, 0.05) is 6.61 Å². The summed E-state index contributed by atoms with van der Waals surface area (Å²) in [4.78, 5) is 11.0. The zero-order valence-corrected chi connectivity index (χ0v) is 16.4. The summed E-state index contributed by atoms with van der Waals surface area (Å²) < 4.78 is 5.48. The van der Waals surface area contributed by atoms with E-state index in [0.29, 0.717) is 13.0 Å². The summed E-state index contributed by atoms with van der Waals surface area (Å²) in [5.74, 6) is -0.348. The van der Waals surface area contributed by atoms with E-state index in [1.165, 1.54) is 38.5 Å². The second-order valence-corrected chi connectivity index (χ2v) is 6.37. The second kappa shape index (κ2) is 19.0. The summed E-state index contributed by atoms with van der Waals surface area (Å²) in [5, 5.41) is 0. The molecule has 0 aromatic carbocycles. The number of unbranched alkanes of at least 4 members (excludes halogenated alkanes) is 6. The van der Waals surface area contributed by atoms with Gasteiger partial charge < -0.3 is 10.5 Å². The van der Waals surface area contributed by atoms with Crippen LogP contribution in [0.2, 0.25) is 0 Å². The van der Waals surface area contributed by atoms with Crippen molar-refractivity contribution >= 4 is 5.91 Å². The van der Waals surface area contributed by atoms with Crippen molar-refractivity contribution < 1.29 is 9.53 Å². The number of hydrogen-bond acceptors (Lipinski definition) is 2. The van der Waals surface area contributed by atoms with Crippen molar-refractivity contribution in [1.82, 2.24) is 0 Å². The van der Waals surface area contributed by atoms with Gasteiger partial charge >= 0.3 is 0 Å². The Morgan fingerprint density at radius 2 is 1.40 bits per heavy atom. The van der Waals surface area contributed by atoms with Gasteiger partial charge in [-0.25, -0.2) is 0 Å². The van der Waals surface area contributed by atoms with Crippen LogP contribution >= 0.6 is 0 Å². The topological polar surface area (TPSA) is 52.3 Å². The fraction of sp³-hybridized carbons (Fsp3) is 0.682. The van der Waals surface area contributed by atoms with E-state index in [1.807, 2.05) is 6.92 Å². The highest BCUT2D eigenvalue weighted by Gasteiger charge is 2.11. The average Bonchev–Trinajstić information content (AvgIpc) is 2.60. The molecule has 3 heteroatoms. The SMILES string of the molecule is CC/C=C\C/C=C\C/C=C\CCCCCCCCOC(CC)C(N)=O. The molecule has 0 aliphatic heterocycles. The lowest BCUT2D eigenvalue weighted by molar-refractivity contribution is -0.129. The number of carbonyl (C=O) groups excluding carboxylic acids is 1. The van der Waals surface area contributed by atoms with Crippen LogP contribution in [0.5, 0.6) is 0 Å². The molecule has 0 saturated carbocycles. The van der Waals surface area contributed by atoms with E-state index >= 15 is 0 Å². The first-order valence-electron chi connectivity index (χ1n) is 10.1. The van der Waals surface area contributed by atoms with Crippen LogP contribution in [0.3, 0.4) is 0 Å². The molecular weight excluding hydrogens is 310 g/mol. The Bertz CT molecular complexity index is 385. The molecule has 144 valence electrons. The first kappa shape index (κ1) is 23.6. The summed E-state index contributed by atoms with van der Waals surface area (Å²) in [6.07, 6.45) is 25.4.